The van der Waals surface area contributed by atoms with E-state index in [1.807, 2.05) is 6.07 Å². The zero-order chi connectivity index (χ0) is 18.8. The van der Waals surface area contributed by atoms with E-state index in [2.05, 4.69) is 0 Å². The van der Waals surface area contributed by atoms with E-state index in [4.69, 9.17) is 16.3 Å². The second-order valence-corrected chi connectivity index (χ2v) is 6.54. The van der Waals surface area contributed by atoms with Crippen molar-refractivity contribution in [2.45, 2.75) is 37.5 Å². The number of benzene rings is 1. The van der Waals surface area contributed by atoms with Crippen molar-refractivity contribution >= 4 is 11.6 Å². The molecule has 9 heteroatoms. The van der Waals surface area contributed by atoms with Crippen LogP contribution in [0, 0.1) is 0 Å². The molecule has 3 rings (SSSR count). The van der Waals surface area contributed by atoms with Crippen LogP contribution in [0.4, 0.5) is 0 Å². The lowest BCUT2D eigenvalue weighted by Gasteiger charge is -2.18. The van der Waals surface area contributed by atoms with Crippen molar-refractivity contribution in [3.05, 3.63) is 68.0 Å². The second-order valence-electron chi connectivity index (χ2n) is 6.10. The Morgan fingerprint density at radius 3 is 2.58 bits per heavy atom. The van der Waals surface area contributed by atoms with Crippen molar-refractivity contribution in [1.29, 1.82) is 0 Å². The molecule has 140 valence electrons. The Hall–Kier alpha value is -1.97. The number of aromatic nitrogens is 2. The standard InChI is InChI=1S/C17H19ClN2O6/c18-11-3-1-2-10(8-11)4-6-19-13(22)5-7-20(17(19)25)16-15(24)14(23)12(9-21)26-16/h1-3,5,7-8,12,14-16,21,23-24H,4,6,9H2/t12-,14+,15?,16-/m1/s1. The van der Waals surface area contributed by atoms with Gasteiger partial charge in [-0.05, 0) is 24.1 Å². The summed E-state index contributed by atoms with van der Waals surface area (Å²) in [7, 11) is 0. The molecule has 2 aromatic rings. The number of nitrogens with zero attached hydrogens (tertiary/aromatic N) is 2. The van der Waals surface area contributed by atoms with Gasteiger partial charge in [-0.15, -0.1) is 0 Å². The van der Waals surface area contributed by atoms with Gasteiger partial charge in [0.25, 0.3) is 5.56 Å². The van der Waals surface area contributed by atoms with Gasteiger partial charge < -0.3 is 20.1 Å². The van der Waals surface area contributed by atoms with E-state index < -0.39 is 42.4 Å². The van der Waals surface area contributed by atoms with Crippen molar-refractivity contribution < 1.29 is 20.1 Å². The summed E-state index contributed by atoms with van der Waals surface area (Å²) in [6.07, 6.45) is -3.30. The molecular formula is C17H19ClN2O6. The Morgan fingerprint density at radius 2 is 1.92 bits per heavy atom. The first-order valence-electron chi connectivity index (χ1n) is 8.11. The van der Waals surface area contributed by atoms with Gasteiger partial charge in [0.1, 0.15) is 18.3 Å². The predicted octanol–water partition coefficient (Wildman–Crippen LogP) is -0.482. The van der Waals surface area contributed by atoms with E-state index in [0.717, 1.165) is 14.7 Å². The Morgan fingerprint density at radius 1 is 1.15 bits per heavy atom. The molecule has 1 aliphatic rings. The zero-order valence-corrected chi connectivity index (χ0v) is 14.5. The minimum Gasteiger partial charge on any atom is -0.394 e. The number of aliphatic hydroxyl groups is 3. The quantitative estimate of drug-likeness (QED) is 0.643. The molecule has 0 saturated carbocycles. The number of halogens is 1. The van der Waals surface area contributed by atoms with Crippen LogP contribution in [0.5, 0.6) is 0 Å². The molecular weight excluding hydrogens is 364 g/mol. The van der Waals surface area contributed by atoms with E-state index in [9.17, 15) is 24.9 Å². The topological polar surface area (TPSA) is 114 Å². The molecule has 3 N–H and O–H groups in total. The minimum atomic E-state index is -1.40. The second kappa shape index (κ2) is 7.73. The smallest absolute Gasteiger partial charge is 0.333 e. The summed E-state index contributed by atoms with van der Waals surface area (Å²) in [6.45, 7) is -0.383. The van der Waals surface area contributed by atoms with Crippen LogP contribution in [0.15, 0.2) is 46.1 Å². The van der Waals surface area contributed by atoms with Gasteiger partial charge >= 0.3 is 5.69 Å². The van der Waals surface area contributed by atoms with Crippen LogP contribution in [-0.2, 0) is 17.7 Å². The van der Waals surface area contributed by atoms with Crippen molar-refractivity contribution in [3.8, 4) is 0 Å². The molecule has 26 heavy (non-hydrogen) atoms. The molecule has 0 amide bonds. The van der Waals surface area contributed by atoms with E-state index in [-0.39, 0.29) is 6.54 Å². The highest BCUT2D eigenvalue weighted by Gasteiger charge is 2.43. The van der Waals surface area contributed by atoms with Crippen LogP contribution in [0.25, 0.3) is 0 Å². The van der Waals surface area contributed by atoms with Gasteiger partial charge in [-0.25, -0.2) is 4.79 Å². The van der Waals surface area contributed by atoms with Crippen molar-refractivity contribution in [2.24, 2.45) is 0 Å². The lowest BCUT2D eigenvalue weighted by Crippen LogP contribution is -2.43. The van der Waals surface area contributed by atoms with Gasteiger partial charge in [-0.1, -0.05) is 23.7 Å². The summed E-state index contributed by atoms with van der Waals surface area (Å²) < 4.78 is 7.42. The van der Waals surface area contributed by atoms with Crippen molar-refractivity contribution in [2.75, 3.05) is 6.61 Å². The number of ether oxygens (including phenoxy) is 1. The molecule has 2 heterocycles. The van der Waals surface area contributed by atoms with Crippen molar-refractivity contribution in [1.82, 2.24) is 9.13 Å². The number of aliphatic hydroxyl groups excluding tert-OH is 3. The fourth-order valence-electron chi connectivity index (χ4n) is 2.97. The van der Waals surface area contributed by atoms with Crippen LogP contribution in [0.2, 0.25) is 5.02 Å². The van der Waals surface area contributed by atoms with Crippen LogP contribution >= 0.6 is 11.6 Å². The van der Waals surface area contributed by atoms with Crippen LogP contribution in [0.3, 0.4) is 0 Å². The van der Waals surface area contributed by atoms with Gasteiger partial charge in [-0.3, -0.25) is 13.9 Å². The van der Waals surface area contributed by atoms with Crippen molar-refractivity contribution in [3.63, 3.8) is 0 Å². The summed E-state index contributed by atoms with van der Waals surface area (Å²) in [5.41, 5.74) is -0.290. The molecule has 0 spiro atoms. The number of rotatable bonds is 5. The maximum atomic E-state index is 12.7. The third-order valence-corrected chi connectivity index (χ3v) is 4.64. The number of hydrogen-bond acceptors (Lipinski definition) is 6. The van der Waals surface area contributed by atoms with Crippen LogP contribution in [-0.4, -0.2) is 49.4 Å². The highest BCUT2D eigenvalue weighted by atomic mass is 35.5. The molecule has 1 fully saturated rings. The number of aryl methyl sites for hydroxylation is 1. The highest BCUT2D eigenvalue weighted by Crippen LogP contribution is 2.27. The summed E-state index contributed by atoms with van der Waals surface area (Å²) in [6, 6.07) is 8.29. The molecule has 0 aliphatic carbocycles. The minimum absolute atomic E-state index is 0.119. The molecule has 1 unspecified atom stereocenters. The largest absolute Gasteiger partial charge is 0.394 e. The third kappa shape index (κ3) is 3.60. The molecule has 1 aromatic carbocycles. The zero-order valence-electron chi connectivity index (χ0n) is 13.7. The van der Waals surface area contributed by atoms with Crippen LogP contribution in [0.1, 0.15) is 11.8 Å². The molecule has 8 nitrogen and oxygen atoms in total. The Bertz CT molecular complexity index is 895. The first kappa shape index (κ1) is 18.8. The first-order valence-corrected chi connectivity index (χ1v) is 8.49. The molecule has 1 aliphatic heterocycles. The molecule has 1 saturated heterocycles. The molecule has 1 aromatic heterocycles. The Labute approximate surface area is 153 Å². The summed E-state index contributed by atoms with van der Waals surface area (Å²) in [4.78, 5) is 24.8. The molecule has 0 radical (unpaired) electrons. The molecule has 4 atom stereocenters. The predicted molar refractivity (Wildman–Crippen MR) is 93.1 cm³/mol. The van der Waals surface area contributed by atoms with Gasteiger partial charge in [0.15, 0.2) is 6.23 Å². The fourth-order valence-corrected chi connectivity index (χ4v) is 3.19. The van der Waals surface area contributed by atoms with E-state index >= 15 is 0 Å². The fraction of sp³-hybridized carbons (Fsp3) is 0.412. The van der Waals surface area contributed by atoms with Gasteiger partial charge in [0.05, 0.1) is 6.61 Å². The third-order valence-electron chi connectivity index (χ3n) is 4.40. The maximum Gasteiger partial charge on any atom is 0.333 e. The van der Waals surface area contributed by atoms with Gasteiger partial charge in [0, 0.05) is 23.8 Å². The lowest BCUT2D eigenvalue weighted by molar-refractivity contribution is -0.0556. The SMILES string of the molecule is O=c1ccn([C@@H]2O[C@H](CO)[C@H](O)C2O)c(=O)n1CCc1cccc(Cl)c1. The van der Waals surface area contributed by atoms with Gasteiger partial charge in [0.2, 0.25) is 0 Å². The average molecular weight is 383 g/mol. The van der Waals surface area contributed by atoms with Gasteiger partial charge in [-0.2, -0.15) is 0 Å². The number of hydrogen-bond donors (Lipinski definition) is 3. The lowest BCUT2D eigenvalue weighted by atomic mass is 10.1. The summed E-state index contributed by atoms with van der Waals surface area (Å²) in [5.74, 6) is 0. The van der Waals surface area contributed by atoms with E-state index in [1.165, 1.54) is 12.3 Å². The van der Waals surface area contributed by atoms with E-state index in [0.29, 0.717) is 11.4 Å². The average Bonchev–Trinajstić information content (AvgIpc) is 2.90. The molecule has 0 bridgehead atoms. The first-order chi connectivity index (χ1) is 12.4. The summed E-state index contributed by atoms with van der Waals surface area (Å²) in [5, 5.41) is 29.7. The monoisotopic (exact) mass is 382 g/mol. The highest BCUT2D eigenvalue weighted by molar-refractivity contribution is 6.30. The Balaban J connectivity index is 1.87. The normalized spacial score (nSPS) is 25.5. The van der Waals surface area contributed by atoms with E-state index in [1.54, 1.807) is 18.2 Å². The Kier molecular flexibility index (Phi) is 5.59. The maximum absolute atomic E-state index is 12.7. The van der Waals surface area contributed by atoms with Crippen LogP contribution < -0.4 is 11.2 Å². The summed E-state index contributed by atoms with van der Waals surface area (Å²) >= 11 is 5.93.